The number of carbonyl (C=O) groups is 1. The number of halogens is 1. The lowest BCUT2D eigenvalue weighted by atomic mass is 10.2. The first-order valence-corrected chi connectivity index (χ1v) is 10.8. The van der Waals surface area contributed by atoms with Gasteiger partial charge < -0.3 is 15.4 Å². The highest BCUT2D eigenvalue weighted by molar-refractivity contribution is 5.99. The van der Waals surface area contributed by atoms with E-state index >= 15 is 0 Å². The van der Waals surface area contributed by atoms with Crippen molar-refractivity contribution in [2.75, 3.05) is 10.6 Å². The van der Waals surface area contributed by atoms with Crippen molar-refractivity contribution >= 4 is 28.4 Å². The number of fused-ring (bicyclic) bond motifs is 1. The number of nitrogens with zero attached hydrogens (tertiary/aromatic N) is 3. The lowest BCUT2D eigenvalue weighted by molar-refractivity contribution is 0.262. The third kappa shape index (κ3) is 5.39. The second-order valence-electron chi connectivity index (χ2n) is 7.81. The number of benzene rings is 3. The van der Waals surface area contributed by atoms with Crippen molar-refractivity contribution in [3.05, 3.63) is 103 Å². The van der Waals surface area contributed by atoms with E-state index in [9.17, 15) is 9.18 Å². The second kappa shape index (κ2) is 9.56. The van der Waals surface area contributed by atoms with Gasteiger partial charge in [0.15, 0.2) is 0 Å². The fraction of sp³-hybridized carbons (Fsp3) is 0.0370. The first-order valence-electron chi connectivity index (χ1n) is 10.8. The Bertz CT molecular complexity index is 1510. The molecule has 5 rings (SSSR count). The Labute approximate surface area is 200 Å². The molecular weight excluding hydrogens is 445 g/mol. The number of amides is 2. The van der Waals surface area contributed by atoms with E-state index in [0.29, 0.717) is 28.4 Å². The molecule has 0 aliphatic heterocycles. The van der Waals surface area contributed by atoms with Gasteiger partial charge in [0.05, 0.1) is 22.9 Å². The number of pyridine rings is 1. The zero-order valence-corrected chi connectivity index (χ0v) is 18.7. The quantitative estimate of drug-likeness (QED) is 0.306. The highest BCUT2D eigenvalue weighted by Gasteiger charge is 2.07. The molecule has 3 aromatic carbocycles. The Morgan fingerprint density at radius 3 is 2.37 bits per heavy atom. The number of hydrogen-bond acceptors (Lipinski definition) is 5. The first-order chi connectivity index (χ1) is 17.0. The Hall–Kier alpha value is -4.85. The molecule has 172 valence electrons. The number of anilines is 2. The number of nitrogens with one attached hydrogen (secondary N) is 2. The number of aromatic nitrogens is 3. The van der Waals surface area contributed by atoms with Gasteiger partial charge in [-0.05, 0) is 73.7 Å². The van der Waals surface area contributed by atoms with Crippen molar-refractivity contribution in [3.63, 3.8) is 0 Å². The molecule has 0 aliphatic carbocycles. The average molecular weight is 465 g/mol. The topological polar surface area (TPSA) is 89.0 Å². The van der Waals surface area contributed by atoms with Gasteiger partial charge in [0.1, 0.15) is 17.3 Å². The molecule has 2 aromatic heterocycles. The molecule has 0 saturated carbocycles. The van der Waals surface area contributed by atoms with Gasteiger partial charge in [0, 0.05) is 34.9 Å². The van der Waals surface area contributed by atoms with Gasteiger partial charge in [-0.25, -0.2) is 14.2 Å². The molecule has 2 heterocycles. The molecule has 0 fully saturated rings. The standard InChI is InChI=1S/C27H20FN5O2/c1-17-5-6-18(15-29-17)26-16-30-24-12-11-23(14-25(24)33-26)35-22-9-7-20(8-10-22)31-27(34)32-21-4-2-3-19(28)13-21/h2-16H,1H3,(H2,31,32,34). The van der Waals surface area contributed by atoms with E-state index in [1.165, 1.54) is 18.2 Å². The van der Waals surface area contributed by atoms with E-state index in [0.717, 1.165) is 22.5 Å². The predicted octanol–water partition coefficient (Wildman–Crippen LogP) is 6.58. The summed E-state index contributed by atoms with van der Waals surface area (Å²) in [6, 6.07) is 21.5. The number of ether oxygens (including phenoxy) is 1. The fourth-order valence-corrected chi connectivity index (χ4v) is 3.42. The zero-order valence-electron chi connectivity index (χ0n) is 18.7. The normalized spacial score (nSPS) is 10.7. The first kappa shape index (κ1) is 22.0. The van der Waals surface area contributed by atoms with Crippen molar-refractivity contribution in [3.8, 4) is 22.8 Å². The van der Waals surface area contributed by atoms with Crippen LogP contribution in [0.15, 0.2) is 91.3 Å². The zero-order chi connectivity index (χ0) is 24.2. The monoisotopic (exact) mass is 465 g/mol. The van der Waals surface area contributed by atoms with Gasteiger partial charge in [-0.2, -0.15) is 0 Å². The van der Waals surface area contributed by atoms with Gasteiger partial charge in [-0.1, -0.05) is 6.07 Å². The lowest BCUT2D eigenvalue weighted by Crippen LogP contribution is -2.19. The highest BCUT2D eigenvalue weighted by Crippen LogP contribution is 2.27. The number of hydrogen-bond donors (Lipinski definition) is 2. The van der Waals surface area contributed by atoms with Crippen LogP contribution in [0.3, 0.4) is 0 Å². The van der Waals surface area contributed by atoms with E-state index in [-0.39, 0.29) is 0 Å². The Morgan fingerprint density at radius 1 is 0.800 bits per heavy atom. The SMILES string of the molecule is Cc1ccc(-c2cnc3ccc(Oc4ccc(NC(=O)Nc5cccc(F)c5)cc4)cc3n2)cn1. The van der Waals surface area contributed by atoms with Crippen LogP contribution in [0.25, 0.3) is 22.3 Å². The molecule has 5 aromatic rings. The predicted molar refractivity (Wildman–Crippen MR) is 133 cm³/mol. The number of urea groups is 1. The second-order valence-corrected chi connectivity index (χ2v) is 7.81. The van der Waals surface area contributed by atoms with Gasteiger partial charge in [0.25, 0.3) is 0 Å². The molecule has 35 heavy (non-hydrogen) atoms. The summed E-state index contributed by atoms with van der Waals surface area (Å²) in [5, 5.41) is 5.28. The molecular formula is C27H20FN5O2. The summed E-state index contributed by atoms with van der Waals surface area (Å²) in [5.74, 6) is 0.773. The number of carbonyl (C=O) groups excluding carboxylic acids is 1. The Morgan fingerprint density at radius 2 is 1.60 bits per heavy atom. The minimum atomic E-state index is -0.475. The van der Waals surface area contributed by atoms with E-state index in [1.807, 2.05) is 37.3 Å². The van der Waals surface area contributed by atoms with Crippen LogP contribution in [0.4, 0.5) is 20.6 Å². The van der Waals surface area contributed by atoms with Crippen molar-refractivity contribution in [2.45, 2.75) is 6.92 Å². The van der Waals surface area contributed by atoms with Crippen LogP contribution in [0.1, 0.15) is 5.69 Å². The Balaban J connectivity index is 1.27. The lowest BCUT2D eigenvalue weighted by Gasteiger charge is -2.10. The number of rotatable bonds is 5. The molecule has 0 unspecified atom stereocenters. The van der Waals surface area contributed by atoms with Crippen molar-refractivity contribution in [1.29, 1.82) is 0 Å². The van der Waals surface area contributed by atoms with E-state index < -0.39 is 11.8 Å². The van der Waals surface area contributed by atoms with Crippen LogP contribution in [-0.4, -0.2) is 21.0 Å². The fourth-order valence-electron chi connectivity index (χ4n) is 3.42. The largest absolute Gasteiger partial charge is 0.457 e. The minimum absolute atomic E-state index is 0.364. The summed E-state index contributed by atoms with van der Waals surface area (Å²) in [6.45, 7) is 1.93. The molecule has 0 spiro atoms. The highest BCUT2D eigenvalue weighted by atomic mass is 19.1. The smallest absolute Gasteiger partial charge is 0.323 e. The number of aryl methyl sites for hydroxylation is 1. The molecule has 8 heteroatoms. The van der Waals surface area contributed by atoms with Gasteiger partial charge in [-0.3, -0.25) is 9.97 Å². The third-order valence-corrected chi connectivity index (χ3v) is 5.15. The molecule has 2 N–H and O–H groups in total. The summed E-state index contributed by atoms with van der Waals surface area (Å²) in [7, 11) is 0. The van der Waals surface area contributed by atoms with Crippen LogP contribution in [0, 0.1) is 12.7 Å². The summed E-state index contributed by atoms with van der Waals surface area (Å²) >= 11 is 0. The molecule has 0 aliphatic rings. The van der Waals surface area contributed by atoms with Crippen molar-refractivity contribution in [1.82, 2.24) is 15.0 Å². The van der Waals surface area contributed by atoms with E-state index in [4.69, 9.17) is 9.72 Å². The summed E-state index contributed by atoms with van der Waals surface area (Å²) < 4.78 is 19.2. The maximum atomic E-state index is 13.3. The van der Waals surface area contributed by atoms with Crippen LogP contribution >= 0.6 is 0 Å². The molecule has 0 atom stereocenters. The van der Waals surface area contributed by atoms with Crippen molar-refractivity contribution < 1.29 is 13.9 Å². The van der Waals surface area contributed by atoms with Crippen LogP contribution in [-0.2, 0) is 0 Å². The summed E-state index contributed by atoms with van der Waals surface area (Å²) in [6.07, 6.45) is 3.50. The Kier molecular flexibility index (Phi) is 6.00. The molecule has 0 bridgehead atoms. The van der Waals surface area contributed by atoms with E-state index in [2.05, 4.69) is 20.6 Å². The molecule has 7 nitrogen and oxygen atoms in total. The third-order valence-electron chi connectivity index (χ3n) is 5.15. The van der Waals surface area contributed by atoms with Crippen LogP contribution < -0.4 is 15.4 Å². The molecule has 0 radical (unpaired) electrons. The van der Waals surface area contributed by atoms with Crippen LogP contribution in [0.2, 0.25) is 0 Å². The van der Waals surface area contributed by atoms with Gasteiger partial charge >= 0.3 is 6.03 Å². The van der Waals surface area contributed by atoms with Gasteiger partial charge in [-0.15, -0.1) is 0 Å². The average Bonchev–Trinajstić information content (AvgIpc) is 2.85. The van der Waals surface area contributed by atoms with E-state index in [1.54, 1.807) is 42.7 Å². The van der Waals surface area contributed by atoms with Gasteiger partial charge in [0.2, 0.25) is 0 Å². The summed E-state index contributed by atoms with van der Waals surface area (Å²) in [4.78, 5) is 25.7. The molecule has 2 amide bonds. The maximum absolute atomic E-state index is 13.3. The molecule has 0 saturated heterocycles. The summed E-state index contributed by atoms with van der Waals surface area (Å²) in [5.41, 5.74) is 4.94. The van der Waals surface area contributed by atoms with Crippen molar-refractivity contribution in [2.24, 2.45) is 0 Å². The maximum Gasteiger partial charge on any atom is 0.323 e. The van der Waals surface area contributed by atoms with Crippen LogP contribution in [0.5, 0.6) is 11.5 Å². The minimum Gasteiger partial charge on any atom is -0.457 e.